The number of aromatic nitrogens is 3. The molecule has 0 aliphatic heterocycles. The smallest absolute Gasteiger partial charge is 0.328 e. The van der Waals surface area contributed by atoms with Crippen LogP contribution in [-0.4, -0.2) is 20.2 Å². The summed E-state index contributed by atoms with van der Waals surface area (Å²) >= 11 is 0. The van der Waals surface area contributed by atoms with E-state index in [2.05, 4.69) is 4.98 Å². The van der Waals surface area contributed by atoms with Crippen molar-refractivity contribution in [2.75, 3.05) is 0 Å². The van der Waals surface area contributed by atoms with Crippen molar-refractivity contribution in [3.63, 3.8) is 0 Å². The Hall–Kier alpha value is -2.80. The van der Waals surface area contributed by atoms with Crippen LogP contribution in [0.25, 0.3) is 16.7 Å². The topological polar surface area (TPSA) is 82.9 Å². The summed E-state index contributed by atoms with van der Waals surface area (Å²) in [6, 6.07) is 8.56. The maximum absolute atomic E-state index is 13.9. The molecule has 6 nitrogen and oxygen atoms in total. The van der Waals surface area contributed by atoms with Crippen molar-refractivity contribution in [1.82, 2.24) is 14.1 Å². The molecule has 0 saturated heterocycles. The summed E-state index contributed by atoms with van der Waals surface area (Å²) in [5.41, 5.74) is 6.91. The second-order valence-corrected chi connectivity index (χ2v) is 7.41. The molecule has 146 valence electrons. The Labute approximate surface area is 161 Å². The van der Waals surface area contributed by atoms with E-state index < -0.39 is 17.1 Å². The van der Waals surface area contributed by atoms with Gasteiger partial charge in [-0.15, -0.1) is 0 Å². The summed E-state index contributed by atoms with van der Waals surface area (Å²) < 4.78 is 16.6. The number of rotatable bonds is 3. The lowest BCUT2D eigenvalue weighted by molar-refractivity contribution is 0.309. The number of halogens is 1. The van der Waals surface area contributed by atoms with E-state index in [4.69, 9.17) is 5.73 Å². The Balaban J connectivity index is 2.03. The highest BCUT2D eigenvalue weighted by molar-refractivity contribution is 5.75. The van der Waals surface area contributed by atoms with Crippen LogP contribution in [0.3, 0.4) is 0 Å². The number of aryl methyl sites for hydroxylation is 1. The first-order chi connectivity index (χ1) is 13.5. The fraction of sp³-hybridized carbons (Fsp3) is 0.381. The van der Waals surface area contributed by atoms with Crippen LogP contribution in [-0.2, 0) is 6.42 Å². The molecule has 2 N–H and O–H groups in total. The van der Waals surface area contributed by atoms with Gasteiger partial charge in [-0.2, -0.15) is 0 Å². The molecule has 1 saturated carbocycles. The Morgan fingerprint density at radius 1 is 1.18 bits per heavy atom. The van der Waals surface area contributed by atoms with Crippen LogP contribution in [0.4, 0.5) is 4.39 Å². The second-order valence-electron chi connectivity index (χ2n) is 7.41. The van der Waals surface area contributed by atoms with E-state index in [1.165, 1.54) is 9.13 Å². The molecule has 1 aromatic carbocycles. The van der Waals surface area contributed by atoms with Crippen molar-refractivity contribution >= 4 is 11.0 Å². The number of nitrogens with zero attached hydrogens (tertiary/aromatic N) is 3. The van der Waals surface area contributed by atoms with E-state index in [1.54, 1.807) is 6.07 Å². The second kappa shape index (κ2) is 7.31. The Kier molecular flexibility index (Phi) is 4.85. The zero-order valence-electron chi connectivity index (χ0n) is 15.8. The molecule has 0 spiro atoms. The minimum Gasteiger partial charge on any atom is -0.328 e. The molecule has 2 aromatic heterocycles. The lowest BCUT2D eigenvalue weighted by Crippen LogP contribution is -2.44. The highest BCUT2D eigenvalue weighted by atomic mass is 19.1. The van der Waals surface area contributed by atoms with Gasteiger partial charge in [-0.1, -0.05) is 19.1 Å². The predicted octanol–water partition coefficient (Wildman–Crippen LogP) is 2.69. The van der Waals surface area contributed by atoms with Crippen LogP contribution in [0.15, 0.2) is 46.1 Å². The van der Waals surface area contributed by atoms with Crippen LogP contribution >= 0.6 is 0 Å². The third kappa shape index (κ3) is 3.16. The molecule has 28 heavy (non-hydrogen) atoms. The highest BCUT2D eigenvalue weighted by Gasteiger charge is 2.26. The maximum Gasteiger partial charge on any atom is 0.337 e. The number of hydrogen-bond donors (Lipinski definition) is 1. The monoisotopic (exact) mass is 382 g/mol. The minimum absolute atomic E-state index is 0.0926. The van der Waals surface area contributed by atoms with Gasteiger partial charge in [0.1, 0.15) is 5.82 Å². The first kappa shape index (κ1) is 18.6. The van der Waals surface area contributed by atoms with Crippen LogP contribution in [0.5, 0.6) is 0 Å². The van der Waals surface area contributed by atoms with Crippen molar-refractivity contribution in [2.24, 2.45) is 5.73 Å². The Morgan fingerprint density at radius 3 is 2.64 bits per heavy atom. The third-order valence-corrected chi connectivity index (χ3v) is 5.58. The molecule has 0 bridgehead atoms. The van der Waals surface area contributed by atoms with Gasteiger partial charge in [0.25, 0.3) is 5.56 Å². The number of pyridine rings is 1. The maximum atomic E-state index is 13.9. The molecule has 1 aliphatic rings. The van der Waals surface area contributed by atoms with Gasteiger partial charge in [0, 0.05) is 12.1 Å². The van der Waals surface area contributed by atoms with Crippen LogP contribution < -0.4 is 17.0 Å². The van der Waals surface area contributed by atoms with Gasteiger partial charge in [0.2, 0.25) is 0 Å². The number of benzene rings is 1. The van der Waals surface area contributed by atoms with Gasteiger partial charge in [0.05, 0.1) is 17.3 Å². The standard InChI is InChI=1S/C21H23FN4O2/c1-2-13-4-3-5-17(10-13)25-19-18(11-14(22)12-24-19)20(27)26(21(25)28)16-8-6-15(23)7-9-16/h3-5,10-12,15-16H,2,6-9,23H2,1H3. The van der Waals surface area contributed by atoms with E-state index in [-0.39, 0.29) is 23.1 Å². The molecule has 0 unspecified atom stereocenters. The summed E-state index contributed by atoms with van der Waals surface area (Å²) in [4.78, 5) is 30.6. The fourth-order valence-electron chi connectivity index (χ4n) is 4.01. The molecule has 0 atom stereocenters. The Bertz CT molecular complexity index is 1140. The predicted molar refractivity (Wildman–Crippen MR) is 106 cm³/mol. The van der Waals surface area contributed by atoms with Gasteiger partial charge < -0.3 is 5.73 Å². The largest absolute Gasteiger partial charge is 0.337 e. The van der Waals surface area contributed by atoms with Crippen molar-refractivity contribution in [2.45, 2.75) is 51.1 Å². The average molecular weight is 382 g/mol. The molecular formula is C21H23FN4O2. The van der Waals surface area contributed by atoms with Crippen LogP contribution in [0.2, 0.25) is 0 Å². The lowest BCUT2D eigenvalue weighted by Gasteiger charge is -2.27. The number of hydrogen-bond acceptors (Lipinski definition) is 4. The van der Waals surface area contributed by atoms with Gasteiger partial charge in [-0.05, 0) is 55.9 Å². The van der Waals surface area contributed by atoms with Crippen LogP contribution in [0.1, 0.15) is 44.2 Å². The van der Waals surface area contributed by atoms with Gasteiger partial charge in [-0.25, -0.2) is 18.7 Å². The van der Waals surface area contributed by atoms with E-state index >= 15 is 0 Å². The molecule has 1 fully saturated rings. The number of nitrogens with two attached hydrogens (primary N) is 1. The molecule has 3 aromatic rings. The Morgan fingerprint density at radius 2 is 1.93 bits per heavy atom. The SMILES string of the molecule is CCc1cccc(-n2c(=O)n(C3CCC(N)CC3)c(=O)c3cc(F)cnc32)c1. The normalized spacial score (nSPS) is 19.8. The zero-order chi connectivity index (χ0) is 19.8. The van der Waals surface area contributed by atoms with Gasteiger partial charge in [0.15, 0.2) is 5.65 Å². The first-order valence-corrected chi connectivity index (χ1v) is 9.67. The zero-order valence-corrected chi connectivity index (χ0v) is 15.8. The summed E-state index contributed by atoms with van der Waals surface area (Å²) in [6.45, 7) is 2.03. The van der Waals surface area contributed by atoms with Crippen molar-refractivity contribution in [3.8, 4) is 5.69 Å². The van der Waals surface area contributed by atoms with Crippen molar-refractivity contribution < 1.29 is 4.39 Å². The molecule has 0 radical (unpaired) electrons. The summed E-state index contributed by atoms with van der Waals surface area (Å²) in [5, 5.41) is 0.108. The fourth-order valence-corrected chi connectivity index (χ4v) is 4.01. The average Bonchev–Trinajstić information content (AvgIpc) is 2.70. The summed E-state index contributed by atoms with van der Waals surface area (Å²) in [6.07, 6.45) is 4.65. The molecule has 2 heterocycles. The minimum atomic E-state index is -0.602. The van der Waals surface area contributed by atoms with E-state index in [9.17, 15) is 14.0 Å². The van der Waals surface area contributed by atoms with Gasteiger partial charge in [-0.3, -0.25) is 9.36 Å². The van der Waals surface area contributed by atoms with Gasteiger partial charge >= 0.3 is 5.69 Å². The van der Waals surface area contributed by atoms with Crippen molar-refractivity contribution in [3.05, 3.63) is 68.7 Å². The molecule has 0 amide bonds. The molecule has 7 heteroatoms. The summed E-state index contributed by atoms with van der Waals surface area (Å²) in [5.74, 6) is -0.602. The summed E-state index contributed by atoms with van der Waals surface area (Å²) in [7, 11) is 0. The molecule has 4 rings (SSSR count). The lowest BCUT2D eigenvalue weighted by atomic mass is 9.91. The van der Waals surface area contributed by atoms with E-state index in [0.717, 1.165) is 37.1 Å². The molecule has 1 aliphatic carbocycles. The molecular weight excluding hydrogens is 359 g/mol. The van der Waals surface area contributed by atoms with E-state index in [1.807, 2.05) is 25.1 Å². The number of fused-ring (bicyclic) bond motifs is 1. The van der Waals surface area contributed by atoms with Crippen molar-refractivity contribution in [1.29, 1.82) is 0 Å². The third-order valence-electron chi connectivity index (χ3n) is 5.58. The van der Waals surface area contributed by atoms with Crippen LogP contribution in [0, 0.1) is 5.82 Å². The van der Waals surface area contributed by atoms with E-state index in [0.29, 0.717) is 18.5 Å². The highest BCUT2D eigenvalue weighted by Crippen LogP contribution is 2.26. The first-order valence-electron chi connectivity index (χ1n) is 9.67. The quantitative estimate of drug-likeness (QED) is 0.755.